The van der Waals surface area contributed by atoms with Gasteiger partial charge >= 0.3 is 0 Å². The van der Waals surface area contributed by atoms with E-state index in [0.29, 0.717) is 4.99 Å². The van der Waals surface area contributed by atoms with Crippen molar-refractivity contribution < 1.29 is 0 Å². The van der Waals surface area contributed by atoms with E-state index in [1.807, 2.05) is 12.1 Å². The lowest BCUT2D eigenvalue weighted by Crippen LogP contribution is -2.08. The van der Waals surface area contributed by atoms with Crippen LogP contribution in [0, 0.1) is 6.92 Å². The first-order valence-corrected chi connectivity index (χ1v) is 6.94. The lowest BCUT2D eigenvalue weighted by Gasteiger charge is -2.07. The number of nitrogens with two attached hydrogens (primary N) is 1. The molecule has 100 valence electrons. The predicted octanol–water partition coefficient (Wildman–Crippen LogP) is 3.79. The highest BCUT2D eigenvalue weighted by atomic mass is 32.1. The predicted molar refractivity (Wildman–Crippen MR) is 89.0 cm³/mol. The summed E-state index contributed by atoms with van der Waals surface area (Å²) in [5, 5.41) is 1.26. The van der Waals surface area contributed by atoms with Gasteiger partial charge < -0.3 is 10.3 Å². The molecule has 3 rings (SSSR count). The molecular weight excluding hydrogens is 264 g/mol. The molecule has 0 fully saturated rings. The summed E-state index contributed by atoms with van der Waals surface area (Å²) in [6.07, 6.45) is 0. The molecule has 0 radical (unpaired) electrons. The molecule has 3 aromatic rings. The number of hydrogen-bond acceptors (Lipinski definition) is 1. The minimum Gasteiger partial charge on any atom is -0.389 e. The van der Waals surface area contributed by atoms with Gasteiger partial charge in [-0.3, -0.25) is 0 Å². The van der Waals surface area contributed by atoms with Gasteiger partial charge in [0.1, 0.15) is 4.99 Å². The van der Waals surface area contributed by atoms with Crippen molar-refractivity contribution >= 4 is 28.1 Å². The fourth-order valence-electron chi connectivity index (χ4n) is 2.58. The van der Waals surface area contributed by atoms with E-state index in [4.69, 9.17) is 18.0 Å². The normalized spacial score (nSPS) is 10.9. The highest BCUT2D eigenvalue weighted by Crippen LogP contribution is 2.30. The smallest absolute Gasteiger partial charge is 0.104 e. The van der Waals surface area contributed by atoms with E-state index in [-0.39, 0.29) is 0 Å². The standard InChI is InChI=1S/C17H16N2S/c1-11-9-15-14(7-4-8-16(15)19(11)2)12-5-3-6-13(10-12)17(18)20/h3-10H,1-2H3,(H2,18,20). The highest BCUT2D eigenvalue weighted by molar-refractivity contribution is 7.80. The number of fused-ring (bicyclic) bond motifs is 1. The molecule has 0 unspecified atom stereocenters. The van der Waals surface area contributed by atoms with E-state index >= 15 is 0 Å². The van der Waals surface area contributed by atoms with Crippen LogP contribution in [-0.2, 0) is 7.05 Å². The van der Waals surface area contributed by atoms with Crippen molar-refractivity contribution in [1.29, 1.82) is 0 Å². The molecule has 0 amide bonds. The van der Waals surface area contributed by atoms with Crippen LogP contribution in [0.15, 0.2) is 48.5 Å². The SMILES string of the molecule is Cc1cc2c(-c3cccc(C(N)=S)c3)cccc2n1C. The van der Waals surface area contributed by atoms with Crippen molar-refractivity contribution in [1.82, 2.24) is 4.57 Å². The van der Waals surface area contributed by atoms with Crippen LogP contribution in [0.1, 0.15) is 11.3 Å². The quantitative estimate of drug-likeness (QED) is 0.724. The molecule has 1 aromatic heterocycles. The van der Waals surface area contributed by atoms with E-state index in [1.54, 1.807) is 0 Å². The van der Waals surface area contributed by atoms with Crippen LogP contribution in [0.5, 0.6) is 0 Å². The van der Waals surface area contributed by atoms with Crippen molar-refractivity contribution in [2.24, 2.45) is 12.8 Å². The van der Waals surface area contributed by atoms with E-state index < -0.39 is 0 Å². The summed E-state index contributed by atoms with van der Waals surface area (Å²) in [7, 11) is 2.09. The first-order valence-electron chi connectivity index (χ1n) is 6.53. The molecule has 2 nitrogen and oxygen atoms in total. The van der Waals surface area contributed by atoms with Gasteiger partial charge in [0.25, 0.3) is 0 Å². The maximum Gasteiger partial charge on any atom is 0.104 e. The zero-order chi connectivity index (χ0) is 14.3. The first kappa shape index (κ1) is 12.9. The Morgan fingerprint density at radius 1 is 1.10 bits per heavy atom. The van der Waals surface area contributed by atoms with Gasteiger partial charge in [-0.1, -0.05) is 42.5 Å². The monoisotopic (exact) mass is 280 g/mol. The summed E-state index contributed by atoms with van der Waals surface area (Å²) in [5.41, 5.74) is 11.5. The second-order valence-electron chi connectivity index (χ2n) is 5.03. The molecule has 1 heterocycles. The van der Waals surface area contributed by atoms with Gasteiger partial charge in [0, 0.05) is 29.2 Å². The largest absolute Gasteiger partial charge is 0.389 e. The number of benzene rings is 2. The van der Waals surface area contributed by atoms with Crippen molar-refractivity contribution in [2.45, 2.75) is 6.92 Å². The topological polar surface area (TPSA) is 30.9 Å². The Hall–Kier alpha value is -2.13. The third-order valence-corrected chi connectivity index (χ3v) is 4.02. The molecule has 0 saturated carbocycles. The zero-order valence-electron chi connectivity index (χ0n) is 11.6. The number of aromatic nitrogens is 1. The summed E-state index contributed by atoms with van der Waals surface area (Å²) in [6.45, 7) is 2.12. The fraction of sp³-hybridized carbons (Fsp3) is 0.118. The van der Waals surface area contributed by atoms with Crippen LogP contribution in [0.4, 0.5) is 0 Å². The molecule has 0 spiro atoms. The van der Waals surface area contributed by atoms with Crippen LogP contribution in [0.3, 0.4) is 0 Å². The lowest BCUT2D eigenvalue weighted by molar-refractivity contribution is 0.918. The molecule has 3 heteroatoms. The Labute approximate surface area is 123 Å². The van der Waals surface area contributed by atoms with Gasteiger partial charge in [-0.05, 0) is 36.2 Å². The Morgan fingerprint density at radius 2 is 1.85 bits per heavy atom. The van der Waals surface area contributed by atoms with Crippen molar-refractivity contribution in [3.8, 4) is 11.1 Å². The van der Waals surface area contributed by atoms with Gasteiger partial charge in [-0.2, -0.15) is 0 Å². The molecule has 0 aliphatic rings. The van der Waals surface area contributed by atoms with Crippen molar-refractivity contribution in [3.05, 3.63) is 59.8 Å². The highest BCUT2D eigenvalue weighted by Gasteiger charge is 2.09. The third-order valence-electron chi connectivity index (χ3n) is 3.78. The Morgan fingerprint density at radius 3 is 2.60 bits per heavy atom. The molecule has 0 saturated heterocycles. The molecule has 0 atom stereocenters. The maximum absolute atomic E-state index is 5.73. The van der Waals surface area contributed by atoms with Crippen LogP contribution in [0.25, 0.3) is 22.0 Å². The van der Waals surface area contributed by atoms with E-state index in [1.165, 1.54) is 22.2 Å². The van der Waals surface area contributed by atoms with Gasteiger partial charge in [0.2, 0.25) is 0 Å². The molecule has 20 heavy (non-hydrogen) atoms. The van der Waals surface area contributed by atoms with Gasteiger partial charge in [0.15, 0.2) is 0 Å². The lowest BCUT2D eigenvalue weighted by atomic mass is 10.00. The van der Waals surface area contributed by atoms with Crippen molar-refractivity contribution in [3.63, 3.8) is 0 Å². The number of aryl methyl sites for hydroxylation is 2. The Bertz CT molecular complexity index is 815. The summed E-state index contributed by atoms with van der Waals surface area (Å²) < 4.78 is 2.20. The van der Waals surface area contributed by atoms with E-state index in [2.05, 4.69) is 54.9 Å². The number of rotatable bonds is 2. The molecule has 0 aliphatic heterocycles. The maximum atomic E-state index is 5.73. The molecular formula is C17H16N2S. The first-order chi connectivity index (χ1) is 9.58. The molecule has 0 bridgehead atoms. The van der Waals surface area contributed by atoms with Crippen LogP contribution in [-0.4, -0.2) is 9.56 Å². The average Bonchev–Trinajstić information content (AvgIpc) is 2.74. The summed E-state index contributed by atoms with van der Waals surface area (Å²) in [6, 6.07) is 16.7. The number of nitrogens with zero attached hydrogens (tertiary/aromatic N) is 1. The van der Waals surface area contributed by atoms with Gasteiger partial charge in [-0.15, -0.1) is 0 Å². The number of hydrogen-bond donors (Lipinski definition) is 1. The minimum atomic E-state index is 0.434. The average molecular weight is 280 g/mol. The Balaban J connectivity index is 2.27. The molecule has 0 aliphatic carbocycles. The molecule has 2 aromatic carbocycles. The minimum absolute atomic E-state index is 0.434. The van der Waals surface area contributed by atoms with Crippen LogP contribution < -0.4 is 5.73 Å². The van der Waals surface area contributed by atoms with Crippen molar-refractivity contribution in [2.75, 3.05) is 0 Å². The van der Waals surface area contributed by atoms with Crippen LogP contribution >= 0.6 is 12.2 Å². The fourth-order valence-corrected chi connectivity index (χ4v) is 2.71. The zero-order valence-corrected chi connectivity index (χ0v) is 12.4. The summed E-state index contributed by atoms with van der Waals surface area (Å²) in [5.74, 6) is 0. The second-order valence-corrected chi connectivity index (χ2v) is 5.47. The van der Waals surface area contributed by atoms with Crippen LogP contribution in [0.2, 0.25) is 0 Å². The number of thiocarbonyl (C=S) groups is 1. The summed E-state index contributed by atoms with van der Waals surface area (Å²) in [4.78, 5) is 0.434. The van der Waals surface area contributed by atoms with E-state index in [0.717, 1.165) is 11.1 Å². The third kappa shape index (κ3) is 2.00. The van der Waals surface area contributed by atoms with Gasteiger partial charge in [0.05, 0.1) is 0 Å². The summed E-state index contributed by atoms with van der Waals surface area (Å²) >= 11 is 5.07. The Kier molecular flexibility index (Phi) is 3.07. The second kappa shape index (κ2) is 4.76. The molecule has 2 N–H and O–H groups in total. The van der Waals surface area contributed by atoms with E-state index in [9.17, 15) is 0 Å². The van der Waals surface area contributed by atoms with Gasteiger partial charge in [-0.25, -0.2) is 0 Å².